The summed E-state index contributed by atoms with van der Waals surface area (Å²) < 4.78 is 45.4. The minimum absolute atomic E-state index is 0.134. The Kier molecular flexibility index (Phi) is 4.90. The molecule has 2 aromatic carbocycles. The highest BCUT2D eigenvalue weighted by Gasteiger charge is 2.33. The Morgan fingerprint density at radius 1 is 1.10 bits per heavy atom. The summed E-state index contributed by atoms with van der Waals surface area (Å²) in [6.07, 6.45) is -4.26. The molecule has 2 nitrogen and oxygen atoms in total. The normalized spacial score (nSPS) is 11.5. The van der Waals surface area contributed by atoms with Crippen LogP contribution in [0.25, 0.3) is 0 Å². The van der Waals surface area contributed by atoms with E-state index >= 15 is 0 Å². The first kappa shape index (κ1) is 15.9. The van der Waals surface area contributed by atoms with Gasteiger partial charge in [0.15, 0.2) is 0 Å². The lowest BCUT2D eigenvalue weighted by atomic mass is 10.0. The number of nitrogens with two attached hydrogens (primary N) is 1. The summed E-state index contributed by atoms with van der Waals surface area (Å²) in [5.41, 5.74) is 4.81. The zero-order chi connectivity index (χ0) is 15.5. The first-order chi connectivity index (χ1) is 9.91. The molecule has 2 N–H and O–H groups in total. The SMILES string of the molecule is NCCc1ccc(Oc2ccccc2Br)cc1C(F)(F)F. The van der Waals surface area contributed by atoms with Gasteiger partial charge in [-0.2, -0.15) is 13.2 Å². The molecule has 2 rings (SSSR count). The molecule has 0 amide bonds. The van der Waals surface area contributed by atoms with Gasteiger partial charge in [0, 0.05) is 0 Å². The standard InChI is InChI=1S/C15H13BrF3NO/c16-13-3-1-2-4-14(13)21-11-6-5-10(7-8-20)12(9-11)15(17,18)19/h1-6,9H,7-8,20H2. The van der Waals surface area contributed by atoms with E-state index in [-0.39, 0.29) is 24.3 Å². The van der Waals surface area contributed by atoms with Gasteiger partial charge in [-0.15, -0.1) is 0 Å². The van der Waals surface area contributed by atoms with Gasteiger partial charge in [-0.25, -0.2) is 0 Å². The van der Waals surface area contributed by atoms with Crippen molar-refractivity contribution >= 4 is 15.9 Å². The molecule has 6 heteroatoms. The largest absolute Gasteiger partial charge is 0.456 e. The van der Waals surface area contributed by atoms with Crippen LogP contribution in [0, 0.1) is 0 Å². The van der Waals surface area contributed by atoms with E-state index in [4.69, 9.17) is 10.5 Å². The molecule has 0 aliphatic carbocycles. The van der Waals surface area contributed by atoms with Crippen molar-refractivity contribution in [2.75, 3.05) is 6.54 Å². The molecule has 0 aliphatic heterocycles. The van der Waals surface area contributed by atoms with Crippen molar-refractivity contribution in [3.05, 3.63) is 58.1 Å². The molecular formula is C15H13BrF3NO. The Labute approximate surface area is 128 Å². The van der Waals surface area contributed by atoms with Crippen LogP contribution >= 0.6 is 15.9 Å². The van der Waals surface area contributed by atoms with Crippen LogP contribution in [0.2, 0.25) is 0 Å². The average Bonchev–Trinajstić information content (AvgIpc) is 2.42. The topological polar surface area (TPSA) is 35.2 Å². The second-order valence-electron chi connectivity index (χ2n) is 4.39. The van der Waals surface area contributed by atoms with Crippen molar-refractivity contribution < 1.29 is 17.9 Å². The first-order valence-electron chi connectivity index (χ1n) is 6.24. The molecule has 0 saturated heterocycles. The average molecular weight is 360 g/mol. The van der Waals surface area contributed by atoms with E-state index in [9.17, 15) is 13.2 Å². The van der Waals surface area contributed by atoms with Crippen molar-refractivity contribution in [3.8, 4) is 11.5 Å². The van der Waals surface area contributed by atoms with Gasteiger partial charge in [0.05, 0.1) is 10.0 Å². The number of halogens is 4. The van der Waals surface area contributed by atoms with Crippen molar-refractivity contribution in [2.45, 2.75) is 12.6 Å². The molecule has 0 spiro atoms. The van der Waals surface area contributed by atoms with Crippen LogP contribution < -0.4 is 10.5 Å². The van der Waals surface area contributed by atoms with Crippen LogP contribution in [0.4, 0.5) is 13.2 Å². The lowest BCUT2D eigenvalue weighted by molar-refractivity contribution is -0.138. The maximum absolute atomic E-state index is 13.1. The Balaban J connectivity index is 2.36. The molecule has 21 heavy (non-hydrogen) atoms. The predicted molar refractivity (Wildman–Crippen MR) is 78.4 cm³/mol. The van der Waals surface area contributed by atoms with Crippen molar-refractivity contribution in [1.29, 1.82) is 0 Å². The summed E-state index contributed by atoms with van der Waals surface area (Å²) in [6.45, 7) is 0.160. The third-order valence-corrected chi connectivity index (χ3v) is 3.52. The molecule has 0 atom stereocenters. The van der Waals surface area contributed by atoms with Crippen LogP contribution in [-0.2, 0) is 12.6 Å². The number of hydrogen-bond acceptors (Lipinski definition) is 2. The second kappa shape index (κ2) is 6.49. The molecule has 112 valence electrons. The van der Waals surface area contributed by atoms with Crippen LogP contribution in [-0.4, -0.2) is 6.54 Å². The van der Waals surface area contributed by atoms with Crippen LogP contribution in [0.3, 0.4) is 0 Å². The molecule has 2 aromatic rings. The smallest absolute Gasteiger partial charge is 0.416 e. The van der Waals surface area contributed by atoms with E-state index in [2.05, 4.69) is 15.9 Å². The monoisotopic (exact) mass is 359 g/mol. The number of ether oxygens (including phenoxy) is 1. The maximum atomic E-state index is 13.1. The van der Waals surface area contributed by atoms with E-state index in [0.29, 0.717) is 10.2 Å². The number of hydrogen-bond donors (Lipinski definition) is 1. The summed E-state index contributed by atoms with van der Waals surface area (Å²) in [7, 11) is 0. The lowest BCUT2D eigenvalue weighted by Gasteiger charge is -2.15. The first-order valence-corrected chi connectivity index (χ1v) is 7.03. The van der Waals surface area contributed by atoms with Gasteiger partial charge in [-0.1, -0.05) is 18.2 Å². The molecule has 0 bridgehead atoms. The summed E-state index contributed by atoms with van der Waals surface area (Å²) in [5.74, 6) is 0.590. The highest BCUT2D eigenvalue weighted by atomic mass is 79.9. The van der Waals surface area contributed by atoms with Crippen molar-refractivity contribution in [1.82, 2.24) is 0 Å². The Morgan fingerprint density at radius 2 is 1.81 bits per heavy atom. The van der Waals surface area contributed by atoms with Gasteiger partial charge in [0.25, 0.3) is 0 Å². The second-order valence-corrected chi connectivity index (χ2v) is 5.24. The molecule has 0 radical (unpaired) electrons. The van der Waals surface area contributed by atoms with Gasteiger partial charge in [0.2, 0.25) is 0 Å². The van der Waals surface area contributed by atoms with E-state index in [1.807, 2.05) is 0 Å². The number of benzene rings is 2. The quantitative estimate of drug-likeness (QED) is 0.853. The highest BCUT2D eigenvalue weighted by molar-refractivity contribution is 9.10. The van der Waals surface area contributed by atoms with Crippen LogP contribution in [0.1, 0.15) is 11.1 Å². The summed E-state index contributed by atoms with van der Waals surface area (Å²) >= 11 is 3.29. The lowest BCUT2D eigenvalue weighted by Crippen LogP contribution is -2.12. The maximum Gasteiger partial charge on any atom is 0.416 e. The van der Waals surface area contributed by atoms with Gasteiger partial charge in [-0.3, -0.25) is 0 Å². The van der Waals surface area contributed by atoms with Gasteiger partial charge in [0.1, 0.15) is 11.5 Å². The number of alkyl halides is 3. The number of para-hydroxylation sites is 1. The zero-order valence-corrected chi connectivity index (χ0v) is 12.5. The summed E-state index contributed by atoms with van der Waals surface area (Å²) in [6, 6.07) is 10.9. The minimum Gasteiger partial charge on any atom is -0.456 e. The van der Waals surface area contributed by atoms with E-state index < -0.39 is 11.7 Å². The molecule has 0 saturated carbocycles. The van der Waals surface area contributed by atoms with Gasteiger partial charge >= 0.3 is 6.18 Å². The highest BCUT2D eigenvalue weighted by Crippen LogP contribution is 2.36. The molecule has 0 heterocycles. The number of rotatable bonds is 4. The fraction of sp³-hybridized carbons (Fsp3) is 0.200. The van der Waals surface area contributed by atoms with Crippen molar-refractivity contribution in [2.24, 2.45) is 5.73 Å². The van der Waals surface area contributed by atoms with Gasteiger partial charge in [-0.05, 0) is 58.7 Å². The molecule has 0 unspecified atom stereocenters. The Morgan fingerprint density at radius 3 is 2.43 bits per heavy atom. The fourth-order valence-electron chi connectivity index (χ4n) is 1.91. The Hall–Kier alpha value is -1.53. The van der Waals surface area contributed by atoms with E-state index in [1.54, 1.807) is 24.3 Å². The molecule has 0 fully saturated rings. The van der Waals surface area contributed by atoms with Crippen molar-refractivity contribution in [3.63, 3.8) is 0 Å². The predicted octanol–water partition coefficient (Wildman–Crippen LogP) is 4.76. The fourth-order valence-corrected chi connectivity index (χ4v) is 2.28. The van der Waals surface area contributed by atoms with Crippen LogP contribution in [0.15, 0.2) is 46.9 Å². The van der Waals surface area contributed by atoms with E-state index in [1.165, 1.54) is 12.1 Å². The third kappa shape index (κ3) is 3.98. The Bertz CT molecular complexity index is 629. The van der Waals surface area contributed by atoms with Crippen LogP contribution in [0.5, 0.6) is 11.5 Å². The minimum atomic E-state index is -4.43. The summed E-state index contributed by atoms with van der Waals surface area (Å²) in [5, 5.41) is 0. The molecule has 0 aromatic heterocycles. The zero-order valence-electron chi connectivity index (χ0n) is 11.0. The van der Waals surface area contributed by atoms with Gasteiger partial charge < -0.3 is 10.5 Å². The third-order valence-electron chi connectivity index (χ3n) is 2.86. The molecular weight excluding hydrogens is 347 g/mol. The van der Waals surface area contributed by atoms with E-state index in [0.717, 1.165) is 6.07 Å². The molecule has 0 aliphatic rings. The summed E-state index contributed by atoms with van der Waals surface area (Å²) in [4.78, 5) is 0.